The van der Waals surface area contributed by atoms with Crippen molar-refractivity contribution in [2.75, 3.05) is 49.0 Å². The molecule has 0 radical (unpaired) electrons. The Kier molecular flexibility index (Phi) is 5.17. The van der Waals surface area contributed by atoms with Crippen LogP contribution in [0.3, 0.4) is 0 Å². The molecule has 3 aromatic carbocycles. The quantitative estimate of drug-likeness (QED) is 0.610. The average Bonchev–Trinajstić information content (AvgIpc) is 2.98. The number of methoxy groups -OCH3 is 1. The van der Waals surface area contributed by atoms with Gasteiger partial charge in [0.05, 0.1) is 17.7 Å². The van der Waals surface area contributed by atoms with Gasteiger partial charge in [0.2, 0.25) is 5.91 Å². The Bertz CT molecular complexity index is 1270. The van der Waals surface area contributed by atoms with Crippen molar-refractivity contribution in [1.82, 2.24) is 4.90 Å². The number of amides is 1. The molecule has 0 aliphatic carbocycles. The van der Waals surface area contributed by atoms with Gasteiger partial charge in [-0.2, -0.15) is 0 Å². The second-order valence-corrected chi connectivity index (χ2v) is 9.89. The minimum absolute atomic E-state index is 0.171. The van der Waals surface area contributed by atoms with Crippen LogP contribution in [-0.4, -0.2) is 59.1 Å². The summed E-state index contributed by atoms with van der Waals surface area (Å²) >= 11 is 0. The van der Waals surface area contributed by atoms with Crippen molar-refractivity contribution in [1.29, 1.82) is 0 Å². The van der Waals surface area contributed by atoms with Crippen LogP contribution in [0, 0.1) is 0 Å². The van der Waals surface area contributed by atoms with Crippen LogP contribution < -0.4 is 13.9 Å². The zero-order valence-corrected chi connectivity index (χ0v) is 18.7. The largest absolute Gasteiger partial charge is 0.497 e. The third kappa shape index (κ3) is 3.44. The second-order valence-electron chi connectivity index (χ2n) is 8.06. The van der Waals surface area contributed by atoms with Gasteiger partial charge in [-0.15, -0.1) is 0 Å². The zero-order valence-electron chi connectivity index (χ0n) is 17.9. The van der Waals surface area contributed by atoms with Gasteiger partial charge in [-0.3, -0.25) is 9.10 Å². The molecular formula is C24H25N3O4S. The van der Waals surface area contributed by atoms with Gasteiger partial charge in [0.15, 0.2) is 0 Å². The maximum absolute atomic E-state index is 13.2. The summed E-state index contributed by atoms with van der Waals surface area (Å²) in [7, 11) is -2.10. The Morgan fingerprint density at radius 2 is 1.69 bits per heavy atom. The summed E-state index contributed by atoms with van der Waals surface area (Å²) in [4.78, 5) is 17.5. The maximum Gasteiger partial charge on any atom is 0.265 e. The normalized spacial score (nSPS) is 17.5. The van der Waals surface area contributed by atoms with E-state index >= 15 is 0 Å². The number of benzene rings is 3. The van der Waals surface area contributed by atoms with E-state index in [0.29, 0.717) is 30.7 Å². The summed E-state index contributed by atoms with van der Waals surface area (Å²) in [6.45, 7) is 2.51. The van der Waals surface area contributed by atoms with Gasteiger partial charge in [-0.1, -0.05) is 24.3 Å². The lowest BCUT2D eigenvalue weighted by atomic mass is 10.1. The highest BCUT2D eigenvalue weighted by molar-refractivity contribution is 7.93. The minimum atomic E-state index is -3.74. The van der Waals surface area contributed by atoms with E-state index in [4.69, 9.17) is 4.74 Å². The van der Waals surface area contributed by atoms with Crippen molar-refractivity contribution in [2.45, 2.75) is 11.3 Å². The number of ether oxygens (including phenoxy) is 1. The molecule has 0 unspecified atom stereocenters. The van der Waals surface area contributed by atoms with Crippen molar-refractivity contribution >= 4 is 38.1 Å². The second kappa shape index (κ2) is 8.02. The molecule has 5 rings (SSSR count). The van der Waals surface area contributed by atoms with E-state index in [9.17, 15) is 13.2 Å². The molecule has 2 aliphatic rings. The third-order valence-electron chi connectivity index (χ3n) is 6.25. The lowest BCUT2D eigenvalue weighted by Gasteiger charge is -2.26. The Morgan fingerprint density at radius 1 is 0.938 bits per heavy atom. The van der Waals surface area contributed by atoms with Gasteiger partial charge in [-0.25, -0.2) is 8.42 Å². The van der Waals surface area contributed by atoms with Crippen molar-refractivity contribution in [3.63, 3.8) is 0 Å². The summed E-state index contributed by atoms with van der Waals surface area (Å²) in [6, 6.07) is 18.7. The molecule has 166 valence electrons. The fraction of sp³-hybridized carbons (Fsp3) is 0.292. The van der Waals surface area contributed by atoms with E-state index in [-0.39, 0.29) is 17.3 Å². The van der Waals surface area contributed by atoms with Crippen molar-refractivity contribution < 1.29 is 17.9 Å². The average molecular weight is 452 g/mol. The topological polar surface area (TPSA) is 70.2 Å². The van der Waals surface area contributed by atoms with Crippen LogP contribution in [0.5, 0.6) is 5.75 Å². The summed E-state index contributed by atoms with van der Waals surface area (Å²) < 4.78 is 32.8. The van der Waals surface area contributed by atoms with Gasteiger partial charge in [0.25, 0.3) is 10.0 Å². The molecule has 0 aromatic heterocycles. The number of hydrogen-bond donors (Lipinski definition) is 0. The molecule has 2 aliphatic heterocycles. The zero-order chi connectivity index (χ0) is 22.3. The lowest BCUT2D eigenvalue weighted by Crippen LogP contribution is -2.43. The summed E-state index contributed by atoms with van der Waals surface area (Å²) in [5, 5.41) is 1.56. The number of carbonyl (C=O) groups excluding carboxylic acids is 1. The Labute approximate surface area is 187 Å². The molecule has 0 saturated carbocycles. The molecule has 0 spiro atoms. The number of carbonyl (C=O) groups is 1. The SMILES string of the molecule is COc1ccc(N2CCCN(C(=O)CN3c4cccc5cccc(c45)S3(=O)=O)CC2)cc1. The van der Waals surface area contributed by atoms with Gasteiger partial charge in [0.1, 0.15) is 12.3 Å². The monoisotopic (exact) mass is 451 g/mol. The molecule has 3 aromatic rings. The number of nitrogens with zero attached hydrogens (tertiary/aromatic N) is 3. The predicted octanol–water partition coefficient (Wildman–Crippen LogP) is 3.10. The van der Waals surface area contributed by atoms with Gasteiger partial charge in [0, 0.05) is 37.3 Å². The molecule has 0 bridgehead atoms. The lowest BCUT2D eigenvalue weighted by molar-refractivity contribution is -0.129. The number of anilines is 2. The van der Waals surface area contributed by atoms with Crippen LogP contribution >= 0.6 is 0 Å². The molecule has 2 heterocycles. The highest BCUT2D eigenvalue weighted by Crippen LogP contribution is 2.41. The van der Waals surface area contributed by atoms with E-state index in [1.807, 2.05) is 42.5 Å². The van der Waals surface area contributed by atoms with Crippen molar-refractivity contribution in [3.05, 3.63) is 60.7 Å². The highest BCUT2D eigenvalue weighted by atomic mass is 32.2. The number of hydrogen-bond acceptors (Lipinski definition) is 5. The number of rotatable bonds is 4. The molecule has 32 heavy (non-hydrogen) atoms. The van der Waals surface area contributed by atoms with Gasteiger partial charge < -0.3 is 14.5 Å². The van der Waals surface area contributed by atoms with Crippen LogP contribution in [0.4, 0.5) is 11.4 Å². The first-order chi connectivity index (χ1) is 15.5. The molecule has 0 atom stereocenters. The Morgan fingerprint density at radius 3 is 2.44 bits per heavy atom. The first-order valence-electron chi connectivity index (χ1n) is 10.7. The number of sulfonamides is 1. The standard InChI is InChI=1S/C24H25N3O4S/c1-31-20-11-9-19(10-12-20)25-13-4-14-26(16-15-25)23(28)17-27-21-7-2-5-18-6-3-8-22(24(18)21)32(27,29)30/h2-3,5-12H,4,13-17H2,1H3. The van der Waals surface area contributed by atoms with E-state index in [2.05, 4.69) is 4.90 Å². The van der Waals surface area contributed by atoms with Gasteiger partial charge >= 0.3 is 0 Å². The maximum atomic E-state index is 13.2. The molecule has 8 heteroatoms. The minimum Gasteiger partial charge on any atom is -0.497 e. The molecular weight excluding hydrogens is 426 g/mol. The molecule has 1 fully saturated rings. The first kappa shape index (κ1) is 20.6. The van der Waals surface area contributed by atoms with E-state index in [1.54, 1.807) is 30.2 Å². The molecule has 7 nitrogen and oxygen atoms in total. The molecule has 1 amide bonds. The third-order valence-corrected chi connectivity index (χ3v) is 8.05. The smallest absolute Gasteiger partial charge is 0.265 e. The van der Waals surface area contributed by atoms with E-state index in [0.717, 1.165) is 29.8 Å². The van der Waals surface area contributed by atoms with Crippen LogP contribution in [0.15, 0.2) is 65.6 Å². The van der Waals surface area contributed by atoms with E-state index < -0.39 is 10.0 Å². The fourth-order valence-corrected chi connectivity index (χ4v) is 6.23. The van der Waals surface area contributed by atoms with Crippen molar-refractivity contribution in [2.24, 2.45) is 0 Å². The molecule has 0 N–H and O–H groups in total. The summed E-state index contributed by atoms with van der Waals surface area (Å²) in [6.07, 6.45) is 0.820. The molecule has 1 saturated heterocycles. The first-order valence-corrected chi connectivity index (χ1v) is 12.1. The highest BCUT2D eigenvalue weighted by Gasteiger charge is 2.37. The fourth-order valence-electron chi connectivity index (χ4n) is 4.57. The van der Waals surface area contributed by atoms with Crippen LogP contribution in [0.1, 0.15) is 6.42 Å². The van der Waals surface area contributed by atoms with Crippen LogP contribution in [0.2, 0.25) is 0 Å². The summed E-state index contributed by atoms with van der Waals surface area (Å²) in [5.74, 6) is 0.637. The van der Waals surface area contributed by atoms with Crippen LogP contribution in [-0.2, 0) is 14.8 Å². The van der Waals surface area contributed by atoms with Crippen molar-refractivity contribution in [3.8, 4) is 5.75 Å². The Hall–Kier alpha value is -3.26. The van der Waals surface area contributed by atoms with E-state index in [1.165, 1.54) is 4.31 Å². The predicted molar refractivity (Wildman–Crippen MR) is 125 cm³/mol. The van der Waals surface area contributed by atoms with Crippen LogP contribution in [0.25, 0.3) is 10.8 Å². The summed E-state index contributed by atoms with van der Waals surface area (Å²) in [5.41, 5.74) is 1.67. The Balaban J connectivity index is 1.32. The van der Waals surface area contributed by atoms with Gasteiger partial charge in [-0.05, 0) is 48.2 Å².